The second-order valence-corrected chi connectivity index (χ2v) is 6.74. The molecule has 2 aromatic carbocycles. The van der Waals surface area contributed by atoms with Gasteiger partial charge in [-0.05, 0) is 0 Å². The molecule has 0 aliphatic rings. The number of rotatable bonds is 3. The molecule has 0 heterocycles. The Hall–Kier alpha value is 0.195. The van der Waals surface area contributed by atoms with Gasteiger partial charge in [0.1, 0.15) is 0 Å². The molecule has 3 heteroatoms. The van der Waals surface area contributed by atoms with E-state index in [0.717, 1.165) is 0 Å². The van der Waals surface area contributed by atoms with Crippen molar-refractivity contribution in [2.75, 3.05) is 0 Å². The van der Waals surface area contributed by atoms with Gasteiger partial charge in [-0.3, -0.25) is 0 Å². The van der Waals surface area contributed by atoms with Gasteiger partial charge in [0.2, 0.25) is 0 Å². The second-order valence-electron chi connectivity index (χ2n) is 5.45. The average Bonchev–Trinajstić information content (AvgIpc) is 2.79. The van der Waals surface area contributed by atoms with Gasteiger partial charge in [-0.25, -0.2) is 17.4 Å². The molecule has 0 spiro atoms. The molecule has 0 radical (unpaired) electrons. The van der Waals surface area contributed by atoms with E-state index in [9.17, 15) is 0 Å². The van der Waals surface area contributed by atoms with Crippen molar-refractivity contribution in [2.45, 2.75) is 26.4 Å². The van der Waals surface area contributed by atoms with Crippen molar-refractivity contribution in [3.63, 3.8) is 0 Å². The Morgan fingerprint density at radius 1 is 0.895 bits per heavy atom. The summed E-state index contributed by atoms with van der Waals surface area (Å²) >= 11 is 0. The molecular weight excluding hydrogens is 237 g/mol. The second kappa shape index (κ2) is 8.47. The summed E-state index contributed by atoms with van der Waals surface area (Å²) < 4.78 is 0. The number of hydrogen-bond acceptors (Lipinski definition) is 0. The summed E-state index contributed by atoms with van der Waals surface area (Å²) in [7, 11) is 1.40. The molecule has 0 N–H and O–H groups in total. The summed E-state index contributed by atoms with van der Waals surface area (Å²) in [4.78, 5) is 0. The Balaban J connectivity index is 0.00000162. The maximum absolute atomic E-state index is 2.32. The first-order chi connectivity index (χ1) is 8.07. The Labute approximate surface area is 143 Å². The number of benzene rings is 1. The Kier molecular flexibility index (Phi) is 8.56. The third-order valence-corrected chi connectivity index (χ3v) is 4.79. The summed E-state index contributed by atoms with van der Waals surface area (Å²) in [6.45, 7) is 6.96. The van der Waals surface area contributed by atoms with Gasteiger partial charge >= 0.3 is 37.7 Å². The zero-order valence-corrected chi connectivity index (χ0v) is 13.6. The quantitative estimate of drug-likeness (QED) is 0.366. The first-order valence-corrected chi connectivity index (χ1v) is 7.01. The molecule has 0 amide bonds. The Bertz CT molecular complexity index is 443. The van der Waals surface area contributed by atoms with Crippen LogP contribution in [0.1, 0.15) is 32.0 Å². The largest absolute Gasteiger partial charge is 1.00 e. The standard InChI is InChI=1S/C16H19P.2Li/c1-16(2,3)15(13-9-7-8-10-13)17-14-11-5-4-6-12-14;;/h4-12,15H,1-3H3;;/q-2;2*+1. The molecule has 0 aliphatic heterocycles. The smallest absolute Gasteiger partial charge is 0.510 e. The summed E-state index contributed by atoms with van der Waals surface area (Å²) in [5.74, 6) is 0. The third-order valence-electron chi connectivity index (χ3n) is 2.86. The first kappa shape index (κ1) is 19.2. The van der Waals surface area contributed by atoms with Crippen molar-refractivity contribution in [1.82, 2.24) is 0 Å². The van der Waals surface area contributed by atoms with Gasteiger partial charge in [0.05, 0.1) is 0 Å². The molecule has 2 rings (SSSR count). The van der Waals surface area contributed by atoms with Crippen LogP contribution in [0.5, 0.6) is 0 Å². The van der Waals surface area contributed by atoms with Gasteiger partial charge in [0, 0.05) is 0 Å². The van der Waals surface area contributed by atoms with Crippen molar-refractivity contribution in [1.29, 1.82) is 0 Å². The first-order valence-electron chi connectivity index (χ1n) is 6.05. The van der Waals surface area contributed by atoms with E-state index in [1.54, 1.807) is 0 Å². The van der Waals surface area contributed by atoms with Crippen LogP contribution in [-0.2, 0) is 0 Å². The van der Waals surface area contributed by atoms with Crippen LogP contribution in [0.15, 0.2) is 54.6 Å². The summed E-state index contributed by atoms with van der Waals surface area (Å²) in [6.07, 6.45) is 0. The fraction of sp³-hybridized carbons (Fsp3) is 0.312. The Morgan fingerprint density at radius 2 is 1.42 bits per heavy atom. The van der Waals surface area contributed by atoms with Crippen molar-refractivity contribution in [3.05, 3.63) is 60.2 Å². The van der Waals surface area contributed by atoms with Gasteiger partial charge in [0.25, 0.3) is 0 Å². The zero-order valence-electron chi connectivity index (χ0n) is 12.7. The van der Waals surface area contributed by atoms with Crippen molar-refractivity contribution < 1.29 is 37.7 Å². The van der Waals surface area contributed by atoms with Crippen LogP contribution >= 0.6 is 8.58 Å². The SMILES string of the molecule is CC(C)(C)C([P-]c1ccccc1)[c-]1cccc1.[Li+].[Li+]. The molecular formula is C16H19Li2P. The maximum Gasteiger partial charge on any atom is 1.00 e. The topological polar surface area (TPSA) is 0 Å². The van der Waals surface area contributed by atoms with Gasteiger partial charge < -0.3 is 8.58 Å². The van der Waals surface area contributed by atoms with E-state index in [0.29, 0.717) is 5.66 Å². The fourth-order valence-electron chi connectivity index (χ4n) is 2.00. The number of hydrogen-bond donors (Lipinski definition) is 0. The van der Waals surface area contributed by atoms with Gasteiger partial charge in [-0.1, -0.05) is 56.5 Å². The molecule has 0 bridgehead atoms. The van der Waals surface area contributed by atoms with Crippen LogP contribution < -0.4 is 43.0 Å². The van der Waals surface area contributed by atoms with Crippen molar-refractivity contribution in [3.8, 4) is 0 Å². The van der Waals surface area contributed by atoms with E-state index >= 15 is 0 Å². The van der Waals surface area contributed by atoms with Crippen LogP contribution in [0.4, 0.5) is 0 Å². The minimum atomic E-state index is 0. The molecule has 0 saturated carbocycles. The van der Waals surface area contributed by atoms with E-state index in [1.807, 2.05) is 0 Å². The van der Waals surface area contributed by atoms with Crippen LogP contribution in [0, 0.1) is 5.41 Å². The van der Waals surface area contributed by atoms with Crippen LogP contribution in [0.25, 0.3) is 0 Å². The predicted molar refractivity (Wildman–Crippen MR) is 77.2 cm³/mol. The van der Waals surface area contributed by atoms with E-state index in [1.165, 1.54) is 19.4 Å². The minimum absolute atomic E-state index is 0. The fourth-order valence-corrected chi connectivity index (χ4v) is 3.35. The molecule has 0 aliphatic carbocycles. The van der Waals surface area contributed by atoms with E-state index in [4.69, 9.17) is 0 Å². The normalized spacial score (nSPS) is 12.8. The van der Waals surface area contributed by atoms with Crippen molar-refractivity contribution in [2.24, 2.45) is 5.41 Å². The molecule has 0 aromatic heterocycles. The van der Waals surface area contributed by atoms with Crippen molar-refractivity contribution >= 4 is 13.9 Å². The summed E-state index contributed by atoms with van der Waals surface area (Å²) in [5, 5.41) is 1.40. The van der Waals surface area contributed by atoms with Crippen LogP contribution in [0.3, 0.4) is 0 Å². The maximum atomic E-state index is 2.32. The van der Waals surface area contributed by atoms with Gasteiger partial charge in [0.15, 0.2) is 0 Å². The molecule has 19 heavy (non-hydrogen) atoms. The van der Waals surface area contributed by atoms with E-state index in [-0.39, 0.29) is 43.1 Å². The summed E-state index contributed by atoms with van der Waals surface area (Å²) in [5.41, 5.74) is 2.29. The third kappa shape index (κ3) is 5.60. The zero-order chi connectivity index (χ0) is 12.3. The van der Waals surface area contributed by atoms with Gasteiger partial charge in [-0.2, -0.15) is 23.4 Å². The Morgan fingerprint density at radius 3 is 1.89 bits per heavy atom. The molecule has 0 fully saturated rings. The summed E-state index contributed by atoms with van der Waals surface area (Å²) in [6, 6.07) is 19.5. The molecule has 0 nitrogen and oxygen atoms in total. The van der Waals surface area contributed by atoms with E-state index in [2.05, 4.69) is 75.4 Å². The van der Waals surface area contributed by atoms with Gasteiger partial charge in [-0.15, -0.1) is 0 Å². The minimum Gasteiger partial charge on any atom is -0.510 e. The average molecular weight is 256 g/mol. The predicted octanol–water partition coefficient (Wildman–Crippen LogP) is -1.23. The van der Waals surface area contributed by atoms with Crippen LogP contribution in [0.2, 0.25) is 0 Å². The molecule has 1 atom stereocenters. The van der Waals surface area contributed by atoms with Crippen LogP contribution in [-0.4, -0.2) is 0 Å². The molecule has 1 unspecified atom stereocenters. The monoisotopic (exact) mass is 256 g/mol. The molecule has 2 aromatic rings. The van der Waals surface area contributed by atoms with E-state index < -0.39 is 0 Å². The molecule has 90 valence electrons. The molecule has 0 saturated heterocycles.